The predicted molar refractivity (Wildman–Crippen MR) is 148 cm³/mol. The number of benzene rings is 2. The Hall–Kier alpha value is -4.58. The number of ether oxygens (including phenoxy) is 3. The van der Waals surface area contributed by atoms with E-state index in [4.69, 9.17) is 14.2 Å². The molecule has 1 aromatic heterocycles. The molecule has 0 spiro atoms. The van der Waals surface area contributed by atoms with Gasteiger partial charge in [0.05, 0.1) is 39.2 Å². The second-order valence-corrected chi connectivity index (χ2v) is 8.82. The molecule has 12 heteroatoms. The van der Waals surface area contributed by atoms with Gasteiger partial charge in [-0.25, -0.2) is 4.79 Å². The number of aromatic nitrogens is 3. The van der Waals surface area contributed by atoms with Gasteiger partial charge in [-0.05, 0) is 42.0 Å². The smallest absolute Gasteiger partial charge is 0.337 e. The van der Waals surface area contributed by atoms with Crippen LogP contribution in [0.4, 0.5) is 5.69 Å². The summed E-state index contributed by atoms with van der Waals surface area (Å²) in [4.78, 5) is 36.6. The minimum absolute atomic E-state index is 0.0537. The molecule has 1 heterocycles. The van der Waals surface area contributed by atoms with Crippen molar-refractivity contribution < 1.29 is 28.6 Å². The Bertz CT molecular complexity index is 1370. The number of amides is 2. The zero-order valence-electron chi connectivity index (χ0n) is 21.8. The normalized spacial score (nSPS) is 10.6. The third-order valence-corrected chi connectivity index (χ3v) is 6.23. The van der Waals surface area contributed by atoms with Crippen LogP contribution < -0.4 is 20.1 Å². The van der Waals surface area contributed by atoms with Crippen LogP contribution in [-0.2, 0) is 27.4 Å². The standard InChI is InChI=1S/C27H29N5O6S/c1-5-13-32-23(16-28-24(33)12-10-18-9-11-21(36-2)22(14-18)37-3)30-31-27(32)39-17-25(34)29-20-8-6-7-19(15-20)26(35)38-4/h5-12,14-15H,1,13,16-17H2,2-4H3,(H,28,33)(H,29,34)/b12-10+. The second-order valence-electron chi connectivity index (χ2n) is 7.87. The molecule has 11 nitrogen and oxygen atoms in total. The SMILES string of the molecule is C=CCn1c(CNC(=O)/C=C/c2ccc(OC)c(OC)c2)nnc1SCC(=O)Nc1cccc(C(=O)OC)c1. The van der Waals surface area contributed by atoms with Crippen LogP contribution in [0.2, 0.25) is 0 Å². The van der Waals surface area contributed by atoms with Crippen LogP contribution >= 0.6 is 11.8 Å². The monoisotopic (exact) mass is 551 g/mol. The first-order valence-electron chi connectivity index (χ1n) is 11.7. The van der Waals surface area contributed by atoms with E-state index in [2.05, 4.69) is 27.4 Å². The van der Waals surface area contributed by atoms with E-state index in [-0.39, 0.29) is 24.1 Å². The van der Waals surface area contributed by atoms with Crippen molar-refractivity contribution >= 4 is 41.3 Å². The molecule has 3 rings (SSSR count). The van der Waals surface area contributed by atoms with Crippen molar-refractivity contribution in [2.45, 2.75) is 18.2 Å². The predicted octanol–water partition coefficient (Wildman–Crippen LogP) is 3.33. The van der Waals surface area contributed by atoms with Crippen molar-refractivity contribution in [2.75, 3.05) is 32.4 Å². The molecule has 0 aliphatic heterocycles. The molecule has 2 amide bonds. The summed E-state index contributed by atoms with van der Waals surface area (Å²) < 4.78 is 17.0. The number of nitrogens with one attached hydrogen (secondary N) is 2. The van der Waals surface area contributed by atoms with E-state index >= 15 is 0 Å². The topological polar surface area (TPSA) is 134 Å². The Kier molecular flexibility index (Phi) is 10.7. The lowest BCUT2D eigenvalue weighted by Gasteiger charge is -2.09. The Morgan fingerprint density at radius 1 is 1.05 bits per heavy atom. The molecule has 0 unspecified atom stereocenters. The fourth-order valence-corrected chi connectivity index (χ4v) is 4.16. The molecular weight excluding hydrogens is 522 g/mol. The fraction of sp³-hybridized carbons (Fsp3) is 0.222. The van der Waals surface area contributed by atoms with Gasteiger partial charge in [0, 0.05) is 18.3 Å². The molecule has 2 aromatic carbocycles. The third kappa shape index (κ3) is 8.20. The van der Waals surface area contributed by atoms with E-state index in [1.807, 2.05) is 0 Å². The summed E-state index contributed by atoms with van der Waals surface area (Å²) in [6.45, 7) is 4.28. The van der Waals surface area contributed by atoms with Crippen LogP contribution in [0.3, 0.4) is 0 Å². The first-order chi connectivity index (χ1) is 18.9. The maximum absolute atomic E-state index is 12.5. The van der Waals surface area contributed by atoms with Gasteiger partial charge in [-0.1, -0.05) is 30.0 Å². The minimum Gasteiger partial charge on any atom is -0.493 e. The van der Waals surface area contributed by atoms with Gasteiger partial charge in [0.2, 0.25) is 11.8 Å². The van der Waals surface area contributed by atoms with E-state index in [0.29, 0.717) is 40.3 Å². The number of rotatable bonds is 13. The number of thioether (sulfide) groups is 1. The minimum atomic E-state index is -0.492. The molecule has 39 heavy (non-hydrogen) atoms. The van der Waals surface area contributed by atoms with Gasteiger partial charge in [0.15, 0.2) is 22.5 Å². The maximum atomic E-state index is 12.5. The summed E-state index contributed by atoms with van der Waals surface area (Å²) in [5.41, 5.74) is 1.58. The van der Waals surface area contributed by atoms with Gasteiger partial charge in [0.25, 0.3) is 0 Å². The number of hydrogen-bond acceptors (Lipinski definition) is 9. The highest BCUT2D eigenvalue weighted by Crippen LogP contribution is 2.28. The zero-order chi connectivity index (χ0) is 28.2. The number of carbonyl (C=O) groups is 3. The number of carbonyl (C=O) groups excluding carboxylic acids is 3. The van der Waals surface area contributed by atoms with Crippen molar-refractivity contribution in [1.82, 2.24) is 20.1 Å². The van der Waals surface area contributed by atoms with Crippen LogP contribution in [0.5, 0.6) is 11.5 Å². The van der Waals surface area contributed by atoms with Crippen molar-refractivity contribution in [2.24, 2.45) is 0 Å². The molecular formula is C27H29N5O6S. The highest BCUT2D eigenvalue weighted by Gasteiger charge is 2.15. The Morgan fingerprint density at radius 2 is 1.85 bits per heavy atom. The molecule has 0 aliphatic carbocycles. The maximum Gasteiger partial charge on any atom is 0.337 e. The molecule has 0 fully saturated rings. The fourth-order valence-electron chi connectivity index (χ4n) is 3.39. The Morgan fingerprint density at radius 3 is 2.56 bits per heavy atom. The Balaban J connectivity index is 1.57. The van der Waals surface area contributed by atoms with E-state index in [9.17, 15) is 14.4 Å². The molecule has 0 aliphatic rings. The summed E-state index contributed by atoms with van der Waals surface area (Å²) in [6.07, 6.45) is 4.74. The van der Waals surface area contributed by atoms with Crippen molar-refractivity contribution in [3.8, 4) is 11.5 Å². The molecule has 3 aromatic rings. The number of allylic oxidation sites excluding steroid dienone is 1. The van der Waals surface area contributed by atoms with Gasteiger partial charge in [-0.2, -0.15) is 0 Å². The lowest BCUT2D eigenvalue weighted by molar-refractivity contribution is -0.116. The van der Waals surface area contributed by atoms with E-state index in [1.165, 1.54) is 31.0 Å². The molecule has 2 N–H and O–H groups in total. The summed E-state index contributed by atoms with van der Waals surface area (Å²) >= 11 is 1.19. The number of anilines is 1. The van der Waals surface area contributed by atoms with Crippen LogP contribution in [0, 0.1) is 0 Å². The van der Waals surface area contributed by atoms with E-state index in [1.54, 1.807) is 67.3 Å². The summed E-state index contributed by atoms with van der Waals surface area (Å²) in [5.74, 6) is 0.625. The summed E-state index contributed by atoms with van der Waals surface area (Å²) in [5, 5.41) is 14.4. The highest BCUT2D eigenvalue weighted by atomic mass is 32.2. The molecule has 0 radical (unpaired) electrons. The van der Waals surface area contributed by atoms with Crippen LogP contribution in [0.25, 0.3) is 6.08 Å². The first-order valence-corrected chi connectivity index (χ1v) is 12.7. The quantitative estimate of drug-likeness (QED) is 0.142. The van der Waals surface area contributed by atoms with Crippen molar-refractivity contribution in [1.29, 1.82) is 0 Å². The van der Waals surface area contributed by atoms with Crippen molar-refractivity contribution in [3.05, 3.63) is 78.1 Å². The molecule has 0 atom stereocenters. The van der Waals surface area contributed by atoms with Gasteiger partial charge in [-0.3, -0.25) is 9.59 Å². The summed E-state index contributed by atoms with van der Waals surface area (Å²) in [7, 11) is 4.39. The van der Waals surface area contributed by atoms with Crippen LogP contribution in [0.1, 0.15) is 21.7 Å². The van der Waals surface area contributed by atoms with Gasteiger partial charge < -0.3 is 29.4 Å². The number of esters is 1. The second kappa shape index (κ2) is 14.4. The van der Waals surface area contributed by atoms with Crippen molar-refractivity contribution in [3.63, 3.8) is 0 Å². The average Bonchev–Trinajstić information content (AvgIpc) is 3.34. The van der Waals surface area contributed by atoms with Gasteiger partial charge >= 0.3 is 5.97 Å². The average molecular weight is 552 g/mol. The third-order valence-electron chi connectivity index (χ3n) is 5.26. The molecule has 0 saturated carbocycles. The first kappa shape index (κ1) is 29.0. The lowest BCUT2D eigenvalue weighted by atomic mass is 10.2. The number of nitrogens with zero attached hydrogens (tertiary/aromatic N) is 3. The Labute approximate surface area is 230 Å². The van der Waals surface area contributed by atoms with E-state index in [0.717, 1.165) is 5.56 Å². The van der Waals surface area contributed by atoms with Crippen LogP contribution in [-0.4, -0.2) is 59.6 Å². The van der Waals surface area contributed by atoms with Crippen LogP contribution in [0.15, 0.2) is 66.4 Å². The highest BCUT2D eigenvalue weighted by molar-refractivity contribution is 7.99. The summed E-state index contributed by atoms with van der Waals surface area (Å²) in [6, 6.07) is 11.8. The van der Waals surface area contributed by atoms with Gasteiger partial charge in [0.1, 0.15) is 0 Å². The molecule has 0 saturated heterocycles. The molecule has 204 valence electrons. The van der Waals surface area contributed by atoms with E-state index < -0.39 is 5.97 Å². The lowest BCUT2D eigenvalue weighted by Crippen LogP contribution is -2.23. The largest absolute Gasteiger partial charge is 0.493 e. The zero-order valence-corrected chi connectivity index (χ0v) is 22.6. The van der Waals surface area contributed by atoms with Gasteiger partial charge in [-0.15, -0.1) is 16.8 Å². The molecule has 0 bridgehead atoms. The number of hydrogen-bond donors (Lipinski definition) is 2. The number of methoxy groups -OCH3 is 3.